The Kier molecular flexibility index (Phi) is 9.44. The largest absolute Gasteiger partial charge is 1.00 e. The molecular weight excluding hydrogens is 417 g/mol. The van der Waals surface area contributed by atoms with Crippen molar-refractivity contribution >= 4 is 11.7 Å². The molecule has 2 rings (SSSR count). The van der Waals surface area contributed by atoms with Crippen LogP contribution in [-0.2, 0) is 16.5 Å². The molecule has 122 valence electrons. The molecule has 0 N–H and O–H groups in total. The van der Waals surface area contributed by atoms with Crippen LogP contribution in [0.3, 0.4) is 0 Å². The van der Waals surface area contributed by atoms with Crippen molar-refractivity contribution in [3.63, 3.8) is 0 Å². The van der Waals surface area contributed by atoms with Gasteiger partial charge in [-0.15, -0.1) is 4.37 Å². The van der Waals surface area contributed by atoms with Crippen LogP contribution in [0.5, 0.6) is 5.88 Å². The first kappa shape index (κ1) is 19.2. The lowest BCUT2D eigenvalue weighted by atomic mass is 10.2. The molecule has 2 aromatic rings. The Morgan fingerprint density at radius 2 is 1.91 bits per heavy atom. The Labute approximate surface area is 151 Å². The van der Waals surface area contributed by atoms with E-state index in [1.165, 1.54) is 0 Å². The zero-order chi connectivity index (χ0) is 14.9. The van der Waals surface area contributed by atoms with Crippen LogP contribution in [0.15, 0.2) is 24.5 Å². The Balaban J connectivity index is 0.00000242. The SMILES string of the molecule is CCOCCOCCOc1nsnc1-c1ccc[n+](C)c1.[I-]. The molecule has 8 heteroatoms. The molecule has 0 saturated carbocycles. The Hall–Kier alpha value is -0.840. The van der Waals surface area contributed by atoms with Crippen molar-refractivity contribution in [2.24, 2.45) is 7.05 Å². The average molecular weight is 437 g/mol. The first-order chi connectivity index (χ1) is 10.3. The van der Waals surface area contributed by atoms with E-state index in [1.807, 2.05) is 43.1 Å². The lowest BCUT2D eigenvalue weighted by molar-refractivity contribution is -0.671. The Morgan fingerprint density at radius 3 is 2.68 bits per heavy atom. The van der Waals surface area contributed by atoms with E-state index in [2.05, 4.69) is 8.75 Å². The van der Waals surface area contributed by atoms with Crippen molar-refractivity contribution in [2.45, 2.75) is 6.92 Å². The molecule has 22 heavy (non-hydrogen) atoms. The van der Waals surface area contributed by atoms with Crippen LogP contribution in [0.1, 0.15) is 6.92 Å². The summed E-state index contributed by atoms with van der Waals surface area (Å²) in [6.45, 7) is 4.82. The van der Waals surface area contributed by atoms with Gasteiger partial charge in [-0.2, -0.15) is 4.37 Å². The fourth-order valence-corrected chi connectivity index (χ4v) is 2.26. The van der Waals surface area contributed by atoms with Crippen LogP contribution in [0.25, 0.3) is 11.3 Å². The van der Waals surface area contributed by atoms with Crippen LogP contribution in [0, 0.1) is 0 Å². The number of aryl methyl sites for hydroxylation is 1. The summed E-state index contributed by atoms with van der Waals surface area (Å²) in [7, 11) is 1.97. The van der Waals surface area contributed by atoms with Gasteiger partial charge >= 0.3 is 0 Å². The van der Waals surface area contributed by atoms with Crippen LogP contribution >= 0.6 is 11.7 Å². The number of hydrogen-bond acceptors (Lipinski definition) is 6. The summed E-state index contributed by atoms with van der Waals surface area (Å²) in [4.78, 5) is 0. The number of halogens is 1. The predicted octanol–water partition coefficient (Wildman–Crippen LogP) is -1.53. The van der Waals surface area contributed by atoms with Crippen LogP contribution < -0.4 is 33.3 Å². The zero-order valence-corrected chi connectivity index (χ0v) is 15.7. The number of nitrogens with zero attached hydrogens (tertiary/aromatic N) is 3. The van der Waals surface area contributed by atoms with Crippen molar-refractivity contribution in [3.05, 3.63) is 24.5 Å². The molecule has 0 aromatic carbocycles. The first-order valence-electron chi connectivity index (χ1n) is 6.87. The average Bonchev–Trinajstić information content (AvgIpc) is 2.95. The highest BCUT2D eigenvalue weighted by atomic mass is 127. The second-order valence-electron chi connectivity index (χ2n) is 4.33. The normalized spacial score (nSPS) is 10.3. The minimum absolute atomic E-state index is 0. The van der Waals surface area contributed by atoms with Crippen molar-refractivity contribution in [2.75, 3.05) is 33.0 Å². The van der Waals surface area contributed by atoms with Gasteiger partial charge in [-0.1, -0.05) is 0 Å². The number of pyridine rings is 1. The van der Waals surface area contributed by atoms with E-state index in [-0.39, 0.29) is 24.0 Å². The number of aromatic nitrogens is 3. The first-order valence-corrected chi connectivity index (χ1v) is 7.60. The number of ether oxygens (including phenoxy) is 3. The summed E-state index contributed by atoms with van der Waals surface area (Å²) in [5.41, 5.74) is 1.76. The van der Waals surface area contributed by atoms with E-state index in [1.54, 1.807) is 0 Å². The van der Waals surface area contributed by atoms with E-state index in [0.717, 1.165) is 23.0 Å². The van der Waals surface area contributed by atoms with Gasteiger partial charge in [-0.3, -0.25) is 0 Å². The highest BCUT2D eigenvalue weighted by molar-refractivity contribution is 6.99. The highest BCUT2D eigenvalue weighted by Crippen LogP contribution is 2.26. The van der Waals surface area contributed by atoms with Crippen molar-refractivity contribution in [1.82, 2.24) is 8.75 Å². The van der Waals surface area contributed by atoms with E-state index in [4.69, 9.17) is 14.2 Å². The quantitative estimate of drug-likeness (QED) is 0.271. The summed E-state index contributed by atoms with van der Waals surface area (Å²) in [5, 5.41) is 0. The lowest BCUT2D eigenvalue weighted by Gasteiger charge is -2.06. The number of hydrogen-bond donors (Lipinski definition) is 0. The van der Waals surface area contributed by atoms with Gasteiger partial charge in [0.05, 0.1) is 37.1 Å². The number of rotatable bonds is 9. The monoisotopic (exact) mass is 437 g/mol. The molecule has 0 spiro atoms. The van der Waals surface area contributed by atoms with Crippen LogP contribution in [0.2, 0.25) is 0 Å². The predicted molar refractivity (Wildman–Crippen MR) is 79.3 cm³/mol. The summed E-state index contributed by atoms with van der Waals surface area (Å²) in [5.74, 6) is 0.555. The molecule has 0 bridgehead atoms. The van der Waals surface area contributed by atoms with Gasteiger partial charge in [0, 0.05) is 12.7 Å². The molecule has 2 aromatic heterocycles. The van der Waals surface area contributed by atoms with E-state index >= 15 is 0 Å². The fraction of sp³-hybridized carbons (Fsp3) is 0.500. The maximum Gasteiger partial charge on any atom is 0.254 e. The van der Waals surface area contributed by atoms with Crippen molar-refractivity contribution in [1.29, 1.82) is 0 Å². The Bertz CT molecular complexity index is 554. The van der Waals surface area contributed by atoms with Gasteiger partial charge < -0.3 is 38.2 Å². The standard InChI is InChI=1S/C14H20N3O3S.HI/c1-3-18-7-8-19-9-10-20-14-13(15-21-16-14)12-5-4-6-17(2)11-12;/h4-6,11H,3,7-10H2,1-2H3;1H/q+1;/p-1. The summed E-state index contributed by atoms with van der Waals surface area (Å²) < 4.78 is 26.7. The van der Waals surface area contributed by atoms with Gasteiger partial charge in [-0.05, 0) is 13.0 Å². The third kappa shape index (κ3) is 6.11. The molecule has 0 aliphatic carbocycles. The third-order valence-electron chi connectivity index (χ3n) is 2.71. The second kappa shape index (κ2) is 10.8. The van der Waals surface area contributed by atoms with Crippen molar-refractivity contribution in [3.8, 4) is 17.1 Å². The molecule has 0 fully saturated rings. The van der Waals surface area contributed by atoms with Crippen LogP contribution in [-0.4, -0.2) is 41.8 Å². The third-order valence-corrected chi connectivity index (χ3v) is 3.23. The summed E-state index contributed by atoms with van der Waals surface area (Å²) >= 11 is 1.15. The van der Waals surface area contributed by atoms with Gasteiger partial charge in [0.2, 0.25) is 0 Å². The molecule has 0 amide bonds. The van der Waals surface area contributed by atoms with Crippen molar-refractivity contribution < 1.29 is 42.8 Å². The molecule has 0 unspecified atom stereocenters. The maximum atomic E-state index is 5.64. The molecule has 6 nitrogen and oxygen atoms in total. The fourth-order valence-electron chi connectivity index (χ4n) is 1.74. The molecule has 0 aliphatic heterocycles. The maximum absolute atomic E-state index is 5.64. The van der Waals surface area contributed by atoms with Crippen LogP contribution in [0.4, 0.5) is 0 Å². The lowest BCUT2D eigenvalue weighted by Crippen LogP contribution is -3.00. The Morgan fingerprint density at radius 1 is 1.14 bits per heavy atom. The zero-order valence-electron chi connectivity index (χ0n) is 12.7. The van der Waals surface area contributed by atoms with Gasteiger partial charge in [-0.25, -0.2) is 4.57 Å². The smallest absolute Gasteiger partial charge is 0.254 e. The minimum Gasteiger partial charge on any atom is -1.00 e. The molecule has 2 heterocycles. The molecule has 0 aliphatic rings. The summed E-state index contributed by atoms with van der Waals surface area (Å²) in [6.07, 6.45) is 3.96. The van der Waals surface area contributed by atoms with E-state index in [0.29, 0.717) is 38.9 Å². The van der Waals surface area contributed by atoms with E-state index in [9.17, 15) is 0 Å². The summed E-state index contributed by atoms with van der Waals surface area (Å²) in [6, 6.07) is 3.96. The van der Waals surface area contributed by atoms with Gasteiger partial charge in [0.25, 0.3) is 5.88 Å². The topological polar surface area (TPSA) is 57.4 Å². The molecule has 0 atom stereocenters. The minimum atomic E-state index is 0. The highest BCUT2D eigenvalue weighted by Gasteiger charge is 2.14. The van der Waals surface area contributed by atoms with Gasteiger partial charge in [0.1, 0.15) is 13.7 Å². The molecule has 0 radical (unpaired) electrons. The second-order valence-corrected chi connectivity index (χ2v) is 4.86. The molecule has 0 saturated heterocycles. The van der Waals surface area contributed by atoms with E-state index < -0.39 is 0 Å². The molecular formula is C14H20IN3O3S. The van der Waals surface area contributed by atoms with Gasteiger partial charge in [0.15, 0.2) is 18.1 Å².